The van der Waals surface area contributed by atoms with E-state index in [0.717, 1.165) is 5.56 Å². The maximum absolute atomic E-state index is 12.5. The summed E-state index contributed by atoms with van der Waals surface area (Å²) in [7, 11) is -3.73. The van der Waals surface area contributed by atoms with Crippen LogP contribution >= 0.6 is 0 Å². The summed E-state index contributed by atoms with van der Waals surface area (Å²) in [6.07, 6.45) is 1.27. The summed E-state index contributed by atoms with van der Waals surface area (Å²) in [5, 5.41) is 0. The van der Waals surface area contributed by atoms with E-state index in [-0.39, 0.29) is 16.8 Å². The first-order valence-corrected chi connectivity index (χ1v) is 9.29. The van der Waals surface area contributed by atoms with Crippen molar-refractivity contribution >= 4 is 15.8 Å². The van der Waals surface area contributed by atoms with Crippen molar-refractivity contribution in [3.63, 3.8) is 0 Å². The van der Waals surface area contributed by atoms with Crippen molar-refractivity contribution in [3.8, 4) is 5.75 Å². The fraction of sp³-hybridized carbons (Fsp3) is 0.105. The van der Waals surface area contributed by atoms with Crippen molar-refractivity contribution in [2.45, 2.75) is 17.9 Å². The molecule has 3 aromatic rings. The van der Waals surface area contributed by atoms with Gasteiger partial charge in [0.05, 0.1) is 4.90 Å². The summed E-state index contributed by atoms with van der Waals surface area (Å²) in [4.78, 5) is 4.29. The molecule has 0 aliphatic rings. The molecule has 5 nitrogen and oxygen atoms in total. The molecular formula is C19H18N2O3S. The van der Waals surface area contributed by atoms with Gasteiger partial charge in [0.15, 0.2) is 11.6 Å². The zero-order valence-electron chi connectivity index (χ0n) is 13.7. The zero-order chi connectivity index (χ0) is 17.7. The fourth-order valence-corrected chi connectivity index (χ4v) is 3.37. The van der Waals surface area contributed by atoms with Crippen molar-refractivity contribution in [3.05, 3.63) is 84.6 Å². The molecule has 25 heavy (non-hydrogen) atoms. The maximum atomic E-state index is 12.5. The Labute approximate surface area is 147 Å². The lowest BCUT2D eigenvalue weighted by molar-refractivity contribution is 0.227. The van der Waals surface area contributed by atoms with E-state index in [2.05, 4.69) is 9.71 Å². The van der Waals surface area contributed by atoms with E-state index in [1.165, 1.54) is 18.3 Å². The molecule has 0 spiro atoms. The average molecular weight is 354 g/mol. The maximum Gasteiger partial charge on any atom is 0.263 e. The molecule has 2 aromatic carbocycles. The Morgan fingerprint density at radius 3 is 2.24 bits per heavy atom. The molecule has 0 fully saturated rings. The molecule has 1 heterocycles. The number of rotatable bonds is 6. The second-order valence-electron chi connectivity index (χ2n) is 5.44. The van der Waals surface area contributed by atoms with E-state index in [1.54, 1.807) is 30.3 Å². The predicted molar refractivity (Wildman–Crippen MR) is 97.0 cm³/mol. The first-order chi connectivity index (χ1) is 12.1. The number of aromatic nitrogens is 1. The van der Waals surface area contributed by atoms with Crippen LogP contribution in [0.1, 0.15) is 18.6 Å². The van der Waals surface area contributed by atoms with Gasteiger partial charge in [-0.1, -0.05) is 48.5 Å². The monoisotopic (exact) mass is 354 g/mol. The first kappa shape index (κ1) is 17.0. The van der Waals surface area contributed by atoms with Gasteiger partial charge in [-0.05, 0) is 36.8 Å². The van der Waals surface area contributed by atoms with Crippen molar-refractivity contribution in [2.24, 2.45) is 0 Å². The SMILES string of the molecule is C[C@@H](Oc1cccnc1NS(=O)(=O)c1ccccc1)c1ccccc1. The van der Waals surface area contributed by atoms with Gasteiger partial charge in [0.25, 0.3) is 10.0 Å². The van der Waals surface area contributed by atoms with Crippen molar-refractivity contribution in [2.75, 3.05) is 4.72 Å². The number of hydrogen-bond acceptors (Lipinski definition) is 4. The Hall–Kier alpha value is -2.86. The van der Waals surface area contributed by atoms with Crippen LogP contribution in [-0.2, 0) is 10.0 Å². The number of anilines is 1. The first-order valence-electron chi connectivity index (χ1n) is 7.81. The van der Waals surface area contributed by atoms with Crippen LogP contribution in [0.3, 0.4) is 0 Å². The summed E-state index contributed by atoms with van der Waals surface area (Å²) in [6.45, 7) is 1.90. The van der Waals surface area contributed by atoms with Crippen LogP contribution in [0.2, 0.25) is 0 Å². The van der Waals surface area contributed by atoms with Gasteiger partial charge in [0.2, 0.25) is 0 Å². The van der Waals surface area contributed by atoms with Crippen LogP contribution in [-0.4, -0.2) is 13.4 Å². The number of hydrogen-bond donors (Lipinski definition) is 1. The Morgan fingerprint density at radius 1 is 0.920 bits per heavy atom. The largest absolute Gasteiger partial charge is 0.482 e. The lowest BCUT2D eigenvalue weighted by Gasteiger charge is -2.17. The van der Waals surface area contributed by atoms with Gasteiger partial charge in [0.1, 0.15) is 6.10 Å². The Kier molecular flexibility index (Phi) is 5.00. The van der Waals surface area contributed by atoms with Crippen molar-refractivity contribution in [1.29, 1.82) is 0 Å². The van der Waals surface area contributed by atoms with Gasteiger partial charge >= 0.3 is 0 Å². The molecule has 0 saturated carbocycles. The van der Waals surface area contributed by atoms with Crippen LogP contribution < -0.4 is 9.46 Å². The van der Waals surface area contributed by atoms with Gasteiger partial charge in [-0.15, -0.1) is 0 Å². The lowest BCUT2D eigenvalue weighted by atomic mass is 10.1. The van der Waals surface area contributed by atoms with Gasteiger partial charge in [-0.25, -0.2) is 13.4 Å². The van der Waals surface area contributed by atoms with Crippen LogP contribution in [0.25, 0.3) is 0 Å². The summed E-state index contributed by atoms with van der Waals surface area (Å²) in [5.74, 6) is 0.535. The molecule has 3 rings (SSSR count). The minimum atomic E-state index is -3.73. The van der Waals surface area contributed by atoms with Crippen LogP contribution in [0.5, 0.6) is 5.75 Å². The Morgan fingerprint density at radius 2 is 1.56 bits per heavy atom. The third-order valence-corrected chi connectivity index (χ3v) is 4.98. The third kappa shape index (κ3) is 4.16. The summed E-state index contributed by atoms with van der Waals surface area (Å²) in [5.41, 5.74) is 0.989. The smallest absolute Gasteiger partial charge is 0.263 e. The summed E-state index contributed by atoms with van der Waals surface area (Å²) in [6, 6.07) is 21.2. The molecule has 0 unspecified atom stereocenters. The molecule has 6 heteroatoms. The molecule has 128 valence electrons. The molecule has 0 aliphatic heterocycles. The molecule has 1 atom stereocenters. The van der Waals surface area contributed by atoms with Crippen LogP contribution in [0.15, 0.2) is 83.9 Å². The molecule has 0 bridgehead atoms. The van der Waals surface area contributed by atoms with Crippen LogP contribution in [0, 0.1) is 0 Å². The number of pyridine rings is 1. The van der Waals surface area contributed by atoms with Crippen LogP contribution in [0.4, 0.5) is 5.82 Å². The van der Waals surface area contributed by atoms with E-state index in [4.69, 9.17) is 4.74 Å². The summed E-state index contributed by atoms with van der Waals surface area (Å²) < 4.78 is 33.4. The molecule has 1 N–H and O–H groups in total. The Balaban J connectivity index is 1.84. The highest BCUT2D eigenvalue weighted by atomic mass is 32.2. The molecule has 0 amide bonds. The third-order valence-electron chi connectivity index (χ3n) is 3.63. The number of sulfonamides is 1. The minimum absolute atomic E-state index is 0.161. The normalized spacial score (nSPS) is 12.4. The number of ether oxygens (including phenoxy) is 1. The van der Waals surface area contributed by atoms with E-state index < -0.39 is 10.0 Å². The quantitative estimate of drug-likeness (QED) is 0.726. The lowest BCUT2D eigenvalue weighted by Crippen LogP contribution is -2.15. The van der Waals surface area contributed by atoms with Crippen molar-refractivity contribution in [1.82, 2.24) is 4.98 Å². The molecular weight excluding hydrogens is 336 g/mol. The van der Waals surface area contributed by atoms with E-state index >= 15 is 0 Å². The average Bonchev–Trinajstić information content (AvgIpc) is 2.64. The topological polar surface area (TPSA) is 68.3 Å². The van der Waals surface area contributed by atoms with Gasteiger partial charge in [-0.2, -0.15) is 0 Å². The number of benzene rings is 2. The number of nitrogens with one attached hydrogen (secondary N) is 1. The van der Waals surface area contributed by atoms with Crippen molar-refractivity contribution < 1.29 is 13.2 Å². The van der Waals surface area contributed by atoms with E-state index in [9.17, 15) is 8.42 Å². The standard InChI is InChI=1S/C19H18N2O3S/c1-15(16-9-4-2-5-10-16)24-18-13-8-14-20-19(18)21-25(22,23)17-11-6-3-7-12-17/h2-15H,1H3,(H,20,21)/t15-/m1/s1. The number of nitrogens with zero attached hydrogens (tertiary/aromatic N) is 1. The highest BCUT2D eigenvalue weighted by Gasteiger charge is 2.18. The molecule has 0 saturated heterocycles. The van der Waals surface area contributed by atoms with Gasteiger partial charge in [0, 0.05) is 6.20 Å². The second kappa shape index (κ2) is 7.36. The second-order valence-corrected chi connectivity index (χ2v) is 7.12. The summed E-state index contributed by atoms with van der Waals surface area (Å²) >= 11 is 0. The van der Waals surface area contributed by atoms with E-state index in [0.29, 0.717) is 5.75 Å². The molecule has 0 aliphatic carbocycles. The molecule has 1 aromatic heterocycles. The Bertz CT molecular complexity index is 929. The van der Waals surface area contributed by atoms with Gasteiger partial charge in [-0.3, -0.25) is 4.72 Å². The minimum Gasteiger partial charge on any atom is -0.482 e. The predicted octanol–water partition coefficient (Wildman–Crippen LogP) is 4.02. The fourth-order valence-electron chi connectivity index (χ4n) is 2.33. The molecule has 0 radical (unpaired) electrons. The van der Waals surface area contributed by atoms with E-state index in [1.807, 2.05) is 37.3 Å². The highest BCUT2D eigenvalue weighted by molar-refractivity contribution is 7.92. The highest BCUT2D eigenvalue weighted by Crippen LogP contribution is 2.28. The zero-order valence-corrected chi connectivity index (χ0v) is 14.5. The van der Waals surface area contributed by atoms with Gasteiger partial charge < -0.3 is 4.74 Å².